The molecule has 5 nitrogen and oxygen atoms in total. The van der Waals surface area contributed by atoms with E-state index in [1.807, 2.05) is 73.7 Å². The number of anilines is 2. The molecule has 0 fully saturated rings. The van der Waals surface area contributed by atoms with Crippen LogP contribution in [0.1, 0.15) is 12.5 Å². The first-order valence-electron chi connectivity index (χ1n) is 9.77. The van der Waals surface area contributed by atoms with Crippen LogP contribution in [0.2, 0.25) is 0 Å². The molecule has 0 aliphatic carbocycles. The van der Waals surface area contributed by atoms with Crippen LogP contribution in [0.15, 0.2) is 78.9 Å². The van der Waals surface area contributed by atoms with Gasteiger partial charge in [0, 0.05) is 18.2 Å². The maximum atomic E-state index is 12.3. The van der Waals surface area contributed by atoms with Crippen molar-refractivity contribution in [2.45, 2.75) is 13.3 Å². The van der Waals surface area contributed by atoms with Gasteiger partial charge in [-0.05, 0) is 36.8 Å². The van der Waals surface area contributed by atoms with Crippen LogP contribution >= 0.6 is 0 Å². The van der Waals surface area contributed by atoms with Crippen LogP contribution in [0.4, 0.5) is 11.4 Å². The quantitative estimate of drug-likeness (QED) is 0.524. The van der Waals surface area contributed by atoms with Crippen LogP contribution in [0.25, 0.3) is 0 Å². The second-order valence-corrected chi connectivity index (χ2v) is 6.44. The lowest BCUT2D eigenvalue weighted by atomic mass is 10.2. The zero-order valence-corrected chi connectivity index (χ0v) is 16.6. The van der Waals surface area contributed by atoms with E-state index in [1.54, 1.807) is 0 Å². The number of nitrogens with one attached hydrogen (secondary N) is 2. The van der Waals surface area contributed by atoms with Gasteiger partial charge in [0.15, 0.2) is 0 Å². The lowest BCUT2D eigenvalue weighted by Gasteiger charge is -2.13. The van der Waals surface area contributed by atoms with E-state index < -0.39 is 0 Å². The number of hydrogen-bond acceptors (Lipinski definition) is 4. The van der Waals surface area contributed by atoms with Crippen LogP contribution in [-0.2, 0) is 11.2 Å². The average molecular weight is 390 g/mol. The molecular weight excluding hydrogens is 364 g/mol. The number of carbonyl (C=O) groups excluding carboxylic acids is 1. The first-order chi connectivity index (χ1) is 14.2. The molecule has 0 spiro atoms. The Morgan fingerprint density at radius 2 is 1.69 bits per heavy atom. The summed E-state index contributed by atoms with van der Waals surface area (Å²) < 4.78 is 11.4. The Morgan fingerprint density at radius 1 is 0.897 bits per heavy atom. The van der Waals surface area contributed by atoms with Crippen molar-refractivity contribution in [3.05, 3.63) is 84.4 Å². The molecule has 5 heteroatoms. The number of benzene rings is 3. The van der Waals surface area contributed by atoms with Crippen molar-refractivity contribution < 1.29 is 14.3 Å². The van der Waals surface area contributed by atoms with Gasteiger partial charge in [0.05, 0.1) is 25.4 Å². The Kier molecular flexibility index (Phi) is 7.52. The predicted octanol–water partition coefficient (Wildman–Crippen LogP) is 4.76. The summed E-state index contributed by atoms with van der Waals surface area (Å²) in [6, 6.07) is 25.2. The van der Waals surface area contributed by atoms with E-state index in [2.05, 4.69) is 22.8 Å². The van der Waals surface area contributed by atoms with Crippen LogP contribution in [0.5, 0.6) is 11.5 Å². The van der Waals surface area contributed by atoms with E-state index >= 15 is 0 Å². The Hall–Kier alpha value is -3.47. The predicted molar refractivity (Wildman–Crippen MR) is 117 cm³/mol. The number of para-hydroxylation sites is 2. The minimum absolute atomic E-state index is 0.141. The summed E-state index contributed by atoms with van der Waals surface area (Å²) in [5.74, 6) is 1.32. The van der Waals surface area contributed by atoms with Crippen LogP contribution in [0, 0.1) is 0 Å². The third-order valence-corrected chi connectivity index (χ3v) is 4.25. The fourth-order valence-electron chi connectivity index (χ4n) is 2.87. The minimum atomic E-state index is -0.141. The van der Waals surface area contributed by atoms with Gasteiger partial charge < -0.3 is 20.1 Å². The molecule has 3 aromatic carbocycles. The van der Waals surface area contributed by atoms with Crippen molar-refractivity contribution in [1.82, 2.24) is 0 Å². The molecule has 1 amide bonds. The van der Waals surface area contributed by atoms with E-state index in [0.29, 0.717) is 18.9 Å². The van der Waals surface area contributed by atoms with E-state index in [4.69, 9.17) is 9.47 Å². The zero-order valence-electron chi connectivity index (χ0n) is 16.6. The van der Waals surface area contributed by atoms with Crippen molar-refractivity contribution in [3.63, 3.8) is 0 Å². The first-order valence-corrected chi connectivity index (χ1v) is 9.77. The molecule has 0 atom stereocenters. The van der Waals surface area contributed by atoms with Crippen molar-refractivity contribution in [1.29, 1.82) is 0 Å². The van der Waals surface area contributed by atoms with Crippen LogP contribution in [0.3, 0.4) is 0 Å². The minimum Gasteiger partial charge on any atom is -0.493 e. The fraction of sp³-hybridized carbons (Fsp3) is 0.208. The molecule has 0 aromatic heterocycles. The second kappa shape index (κ2) is 10.8. The molecular formula is C24H26N2O3. The second-order valence-electron chi connectivity index (χ2n) is 6.44. The molecule has 29 heavy (non-hydrogen) atoms. The summed E-state index contributed by atoms with van der Waals surface area (Å²) in [5.41, 5.74) is 2.73. The van der Waals surface area contributed by atoms with Gasteiger partial charge in [-0.2, -0.15) is 0 Å². The number of rotatable bonds is 10. The molecule has 0 saturated carbocycles. The van der Waals surface area contributed by atoms with Crippen LogP contribution < -0.4 is 20.1 Å². The van der Waals surface area contributed by atoms with Gasteiger partial charge in [0.2, 0.25) is 5.91 Å². The zero-order chi connectivity index (χ0) is 20.3. The van der Waals surface area contributed by atoms with E-state index in [1.165, 1.54) is 5.56 Å². The van der Waals surface area contributed by atoms with Gasteiger partial charge in [-0.15, -0.1) is 0 Å². The number of ether oxygens (including phenoxy) is 2. The number of hydrogen-bond donors (Lipinski definition) is 2. The summed E-state index contributed by atoms with van der Waals surface area (Å²) in [4.78, 5) is 12.3. The molecule has 0 heterocycles. The number of carbonyl (C=O) groups is 1. The summed E-state index contributed by atoms with van der Waals surface area (Å²) in [5, 5.41) is 6.01. The lowest BCUT2D eigenvalue weighted by molar-refractivity contribution is -0.114. The van der Waals surface area contributed by atoms with Crippen molar-refractivity contribution in [2.75, 3.05) is 30.4 Å². The normalized spacial score (nSPS) is 10.2. The van der Waals surface area contributed by atoms with Crippen molar-refractivity contribution in [2.24, 2.45) is 0 Å². The Balaban J connectivity index is 1.48. The molecule has 2 N–H and O–H groups in total. The maximum Gasteiger partial charge on any atom is 0.243 e. The molecule has 0 aliphatic heterocycles. The van der Waals surface area contributed by atoms with Gasteiger partial charge in [-0.25, -0.2) is 0 Å². The highest BCUT2D eigenvalue weighted by atomic mass is 16.5. The maximum absolute atomic E-state index is 12.3. The summed E-state index contributed by atoms with van der Waals surface area (Å²) in [7, 11) is 0. The van der Waals surface area contributed by atoms with Gasteiger partial charge >= 0.3 is 0 Å². The largest absolute Gasteiger partial charge is 0.493 e. The number of amides is 1. The standard InChI is InChI=1S/C24H26N2O3/c1-2-28-23-14-7-6-13-22(23)25-18-24(27)26-20-11-8-12-21(17-20)29-16-15-19-9-4-3-5-10-19/h3-14,17,25H,2,15-16,18H2,1H3,(H,26,27). The van der Waals surface area contributed by atoms with E-state index in [0.717, 1.165) is 23.6 Å². The summed E-state index contributed by atoms with van der Waals surface area (Å²) in [6.45, 7) is 3.22. The molecule has 0 saturated heterocycles. The van der Waals surface area contributed by atoms with Gasteiger partial charge in [-0.1, -0.05) is 48.5 Å². The molecule has 0 aliphatic rings. The third-order valence-electron chi connectivity index (χ3n) is 4.25. The van der Waals surface area contributed by atoms with Gasteiger partial charge in [-0.3, -0.25) is 4.79 Å². The highest BCUT2D eigenvalue weighted by Gasteiger charge is 2.06. The van der Waals surface area contributed by atoms with Crippen molar-refractivity contribution >= 4 is 17.3 Å². The average Bonchev–Trinajstić information content (AvgIpc) is 2.74. The SMILES string of the molecule is CCOc1ccccc1NCC(=O)Nc1cccc(OCCc2ccccc2)c1. The third kappa shape index (κ3) is 6.57. The van der Waals surface area contributed by atoms with E-state index in [9.17, 15) is 4.79 Å². The molecule has 0 radical (unpaired) electrons. The Bertz CT molecular complexity index is 913. The molecule has 3 aromatic rings. The summed E-state index contributed by atoms with van der Waals surface area (Å²) >= 11 is 0. The highest BCUT2D eigenvalue weighted by molar-refractivity contribution is 5.94. The van der Waals surface area contributed by atoms with Crippen LogP contribution in [-0.4, -0.2) is 25.7 Å². The summed E-state index contributed by atoms with van der Waals surface area (Å²) in [6.07, 6.45) is 0.834. The van der Waals surface area contributed by atoms with Gasteiger partial charge in [0.25, 0.3) is 0 Å². The topological polar surface area (TPSA) is 59.6 Å². The molecule has 0 bridgehead atoms. The van der Waals surface area contributed by atoms with Crippen molar-refractivity contribution in [3.8, 4) is 11.5 Å². The fourth-order valence-corrected chi connectivity index (χ4v) is 2.87. The molecule has 150 valence electrons. The Labute approximate surface area is 171 Å². The Morgan fingerprint density at radius 3 is 2.52 bits per heavy atom. The highest BCUT2D eigenvalue weighted by Crippen LogP contribution is 2.23. The lowest BCUT2D eigenvalue weighted by Crippen LogP contribution is -2.22. The van der Waals surface area contributed by atoms with Gasteiger partial charge in [0.1, 0.15) is 11.5 Å². The van der Waals surface area contributed by atoms with E-state index in [-0.39, 0.29) is 12.5 Å². The monoisotopic (exact) mass is 390 g/mol. The molecule has 0 unspecified atom stereocenters. The molecule has 3 rings (SSSR count). The first kappa shape index (κ1) is 20.3. The smallest absolute Gasteiger partial charge is 0.243 e.